The standard InChI is InChI=1S/C20H15F4N5O3/c21-12-5-11(20(22,23)24)6-14(7-12)32-15-9-29(10-15)16-2-3-25-18(30)17(16)19(31)28-13-1-4-26-27-8-13/h1-8,15H,9-10H2,(H,25,30)(H,26,28,31). The van der Waals surface area contributed by atoms with E-state index in [1.165, 1.54) is 30.7 Å². The Morgan fingerprint density at radius 1 is 1.19 bits per heavy atom. The van der Waals surface area contributed by atoms with Crippen LogP contribution in [0.15, 0.2) is 53.7 Å². The highest BCUT2D eigenvalue weighted by molar-refractivity contribution is 6.07. The number of alkyl halides is 3. The summed E-state index contributed by atoms with van der Waals surface area (Å²) in [6.45, 7) is 0.358. The van der Waals surface area contributed by atoms with E-state index in [1.807, 2.05) is 0 Å². The highest BCUT2D eigenvalue weighted by Crippen LogP contribution is 2.33. The summed E-state index contributed by atoms with van der Waals surface area (Å²) in [5.74, 6) is -1.99. The first kappa shape index (κ1) is 21.3. The molecule has 1 amide bonds. The van der Waals surface area contributed by atoms with Crippen LogP contribution in [0.5, 0.6) is 5.75 Å². The van der Waals surface area contributed by atoms with Gasteiger partial charge in [-0.25, -0.2) is 4.39 Å². The summed E-state index contributed by atoms with van der Waals surface area (Å²) in [6, 6.07) is 5.01. The fourth-order valence-corrected chi connectivity index (χ4v) is 3.21. The van der Waals surface area contributed by atoms with Crippen molar-refractivity contribution in [3.63, 3.8) is 0 Å². The van der Waals surface area contributed by atoms with Gasteiger partial charge in [-0.1, -0.05) is 0 Å². The van der Waals surface area contributed by atoms with Crippen LogP contribution >= 0.6 is 0 Å². The molecule has 0 spiro atoms. The largest absolute Gasteiger partial charge is 0.487 e. The second-order valence-corrected chi connectivity index (χ2v) is 6.97. The molecule has 4 rings (SSSR count). The number of hydrogen-bond donors (Lipinski definition) is 2. The quantitative estimate of drug-likeness (QED) is 0.581. The topological polar surface area (TPSA) is 100 Å². The Kier molecular flexibility index (Phi) is 5.51. The maximum atomic E-state index is 13.6. The summed E-state index contributed by atoms with van der Waals surface area (Å²) in [7, 11) is 0. The number of aromatic nitrogens is 3. The summed E-state index contributed by atoms with van der Waals surface area (Å²) < 4.78 is 57.6. The third kappa shape index (κ3) is 4.53. The number of nitrogens with one attached hydrogen (secondary N) is 2. The Bertz CT molecular complexity index is 1190. The lowest BCUT2D eigenvalue weighted by atomic mass is 10.1. The number of rotatable bonds is 5. The zero-order valence-electron chi connectivity index (χ0n) is 16.2. The van der Waals surface area contributed by atoms with Gasteiger partial charge >= 0.3 is 6.18 Å². The number of halogens is 4. The number of anilines is 2. The Morgan fingerprint density at radius 3 is 2.66 bits per heavy atom. The van der Waals surface area contributed by atoms with Crippen LogP contribution in [0.25, 0.3) is 0 Å². The van der Waals surface area contributed by atoms with Crippen molar-refractivity contribution in [2.24, 2.45) is 0 Å². The predicted octanol–water partition coefficient (Wildman–Crippen LogP) is 2.84. The molecule has 2 aromatic heterocycles. The molecule has 0 bridgehead atoms. The Labute approximate surface area is 177 Å². The molecule has 1 saturated heterocycles. The van der Waals surface area contributed by atoms with Crippen molar-refractivity contribution in [1.82, 2.24) is 15.2 Å². The smallest absolute Gasteiger partial charge is 0.416 e. The second-order valence-electron chi connectivity index (χ2n) is 6.97. The number of pyridine rings is 1. The minimum Gasteiger partial charge on any atom is -0.487 e. The van der Waals surface area contributed by atoms with E-state index in [9.17, 15) is 27.2 Å². The summed E-state index contributed by atoms with van der Waals surface area (Å²) in [4.78, 5) is 29.1. The minimum atomic E-state index is -4.70. The number of aromatic amines is 1. The number of amides is 1. The zero-order valence-corrected chi connectivity index (χ0v) is 16.2. The third-order valence-corrected chi connectivity index (χ3v) is 4.70. The van der Waals surface area contributed by atoms with Crippen molar-refractivity contribution in [3.8, 4) is 5.75 Å². The molecule has 0 saturated carbocycles. The molecule has 32 heavy (non-hydrogen) atoms. The van der Waals surface area contributed by atoms with Gasteiger partial charge in [0.1, 0.15) is 23.2 Å². The SMILES string of the molecule is O=C(Nc1ccnnc1)c1c(N2CC(Oc3cc(F)cc(C(F)(F)F)c3)C2)cc[nH]c1=O. The molecule has 0 unspecified atom stereocenters. The Hall–Kier alpha value is -3.96. The van der Waals surface area contributed by atoms with Crippen LogP contribution in [0.4, 0.5) is 28.9 Å². The monoisotopic (exact) mass is 449 g/mol. The molecule has 12 heteroatoms. The van der Waals surface area contributed by atoms with Crippen molar-refractivity contribution in [3.05, 3.63) is 76.2 Å². The van der Waals surface area contributed by atoms with Crippen molar-refractivity contribution >= 4 is 17.3 Å². The molecule has 1 aromatic carbocycles. The van der Waals surface area contributed by atoms with E-state index in [1.54, 1.807) is 4.90 Å². The predicted molar refractivity (Wildman–Crippen MR) is 105 cm³/mol. The van der Waals surface area contributed by atoms with E-state index >= 15 is 0 Å². The fraction of sp³-hybridized carbons (Fsp3) is 0.200. The van der Waals surface area contributed by atoms with Gasteiger partial charge in [0.25, 0.3) is 11.5 Å². The molecule has 1 fully saturated rings. The third-order valence-electron chi connectivity index (χ3n) is 4.70. The molecule has 3 heterocycles. The van der Waals surface area contributed by atoms with Crippen LogP contribution in [0.3, 0.4) is 0 Å². The van der Waals surface area contributed by atoms with Crippen LogP contribution in [0.2, 0.25) is 0 Å². The Balaban J connectivity index is 1.48. The lowest BCUT2D eigenvalue weighted by Crippen LogP contribution is -2.55. The molecule has 1 aliphatic heterocycles. The van der Waals surface area contributed by atoms with Crippen LogP contribution in [-0.2, 0) is 6.18 Å². The first-order chi connectivity index (χ1) is 15.2. The van der Waals surface area contributed by atoms with Crippen molar-refractivity contribution < 1.29 is 27.1 Å². The normalized spacial score (nSPS) is 14.1. The summed E-state index contributed by atoms with van der Waals surface area (Å²) >= 11 is 0. The van der Waals surface area contributed by atoms with Gasteiger partial charge in [0.05, 0.1) is 42.4 Å². The zero-order chi connectivity index (χ0) is 22.9. The van der Waals surface area contributed by atoms with Crippen molar-refractivity contribution in [1.29, 1.82) is 0 Å². The highest BCUT2D eigenvalue weighted by atomic mass is 19.4. The van der Waals surface area contributed by atoms with Crippen LogP contribution in [0, 0.1) is 5.82 Å². The van der Waals surface area contributed by atoms with E-state index < -0.39 is 35.1 Å². The molecule has 8 nitrogen and oxygen atoms in total. The summed E-state index contributed by atoms with van der Waals surface area (Å²) in [5, 5.41) is 9.79. The van der Waals surface area contributed by atoms with Gasteiger partial charge in [-0.3, -0.25) is 9.59 Å². The molecule has 0 aliphatic carbocycles. The van der Waals surface area contributed by atoms with E-state index in [0.717, 1.165) is 12.1 Å². The molecule has 2 N–H and O–H groups in total. The second kappa shape index (κ2) is 8.29. The summed E-state index contributed by atoms with van der Waals surface area (Å²) in [6.07, 6.45) is -1.20. The molecule has 3 aromatic rings. The van der Waals surface area contributed by atoms with Crippen molar-refractivity contribution in [2.75, 3.05) is 23.3 Å². The highest BCUT2D eigenvalue weighted by Gasteiger charge is 2.34. The maximum Gasteiger partial charge on any atom is 0.416 e. The molecule has 1 aliphatic rings. The van der Waals surface area contributed by atoms with E-state index in [0.29, 0.717) is 17.4 Å². The van der Waals surface area contributed by atoms with Gasteiger partial charge in [-0.15, -0.1) is 0 Å². The van der Waals surface area contributed by atoms with Gasteiger partial charge < -0.3 is 19.9 Å². The molecule has 0 atom stereocenters. The Morgan fingerprint density at radius 2 is 1.97 bits per heavy atom. The molecule has 166 valence electrons. The van der Waals surface area contributed by atoms with Gasteiger partial charge in [0.2, 0.25) is 0 Å². The van der Waals surface area contributed by atoms with Gasteiger partial charge in [-0.2, -0.15) is 23.4 Å². The number of hydrogen-bond acceptors (Lipinski definition) is 6. The first-order valence-corrected chi connectivity index (χ1v) is 9.30. The van der Waals surface area contributed by atoms with Crippen LogP contribution < -0.4 is 20.5 Å². The fourth-order valence-electron chi connectivity index (χ4n) is 3.21. The molecule has 0 radical (unpaired) electrons. The van der Waals surface area contributed by atoms with E-state index in [-0.39, 0.29) is 24.4 Å². The van der Waals surface area contributed by atoms with Gasteiger partial charge in [0.15, 0.2) is 0 Å². The van der Waals surface area contributed by atoms with Gasteiger partial charge in [-0.05, 0) is 24.3 Å². The van der Waals surface area contributed by atoms with Gasteiger partial charge in [0, 0.05) is 12.3 Å². The minimum absolute atomic E-state index is 0.145. The van der Waals surface area contributed by atoms with Crippen LogP contribution in [-0.4, -0.2) is 40.3 Å². The first-order valence-electron chi connectivity index (χ1n) is 9.30. The number of benzene rings is 1. The average Bonchev–Trinajstić information content (AvgIpc) is 2.70. The van der Waals surface area contributed by atoms with Crippen molar-refractivity contribution in [2.45, 2.75) is 12.3 Å². The summed E-state index contributed by atoms with van der Waals surface area (Å²) in [5.41, 5.74) is -1.25. The van der Waals surface area contributed by atoms with E-state index in [2.05, 4.69) is 20.5 Å². The number of carbonyl (C=O) groups is 1. The number of ether oxygens (including phenoxy) is 1. The number of carbonyl (C=O) groups excluding carboxylic acids is 1. The number of H-pyrrole nitrogens is 1. The lowest BCUT2D eigenvalue weighted by molar-refractivity contribution is -0.137. The van der Waals surface area contributed by atoms with E-state index in [4.69, 9.17) is 4.74 Å². The molecular weight excluding hydrogens is 434 g/mol. The maximum absolute atomic E-state index is 13.6. The lowest BCUT2D eigenvalue weighted by Gasteiger charge is -2.41. The molecular formula is C20H15F4N5O3. The number of nitrogens with zero attached hydrogens (tertiary/aromatic N) is 3. The average molecular weight is 449 g/mol. The van der Waals surface area contributed by atoms with Crippen LogP contribution in [0.1, 0.15) is 15.9 Å².